The Hall–Kier alpha value is -2.36. The van der Waals surface area contributed by atoms with Crippen molar-refractivity contribution in [3.8, 4) is 0 Å². The Labute approximate surface area is 180 Å². The average molecular weight is 445 g/mol. The van der Waals surface area contributed by atoms with E-state index in [-0.39, 0.29) is 16.1 Å². The summed E-state index contributed by atoms with van der Waals surface area (Å²) in [6.07, 6.45) is 2.86. The third-order valence-electron chi connectivity index (χ3n) is 5.10. The lowest BCUT2D eigenvalue weighted by molar-refractivity contribution is -0.115. The van der Waals surface area contributed by atoms with Gasteiger partial charge in [0.05, 0.1) is 21.2 Å². The number of para-hydroxylation sites is 2. The minimum absolute atomic E-state index is 0.174. The molecule has 1 aliphatic heterocycles. The van der Waals surface area contributed by atoms with Gasteiger partial charge in [-0.25, -0.2) is 13.4 Å². The van der Waals surface area contributed by atoms with Crippen LogP contribution < -0.4 is 5.32 Å². The number of sulfonamides is 1. The van der Waals surface area contributed by atoms with Crippen LogP contribution in [0.1, 0.15) is 26.2 Å². The molecule has 1 aliphatic rings. The zero-order valence-corrected chi connectivity index (χ0v) is 18.3. The van der Waals surface area contributed by atoms with E-state index in [0.29, 0.717) is 23.9 Å². The summed E-state index contributed by atoms with van der Waals surface area (Å²) in [4.78, 5) is 20.5. The summed E-state index contributed by atoms with van der Waals surface area (Å²) in [7, 11) is -3.47. The Bertz CT molecular complexity index is 1100. The molecular weight excluding hydrogens is 420 g/mol. The Kier molecular flexibility index (Phi) is 6.12. The highest BCUT2D eigenvalue weighted by atomic mass is 32.2. The molecule has 0 aliphatic carbocycles. The summed E-state index contributed by atoms with van der Waals surface area (Å²) in [6, 6.07) is 14.1. The van der Waals surface area contributed by atoms with E-state index in [1.54, 1.807) is 24.3 Å². The molecule has 0 unspecified atom stereocenters. The van der Waals surface area contributed by atoms with E-state index in [4.69, 9.17) is 0 Å². The van der Waals surface area contributed by atoms with Gasteiger partial charge >= 0.3 is 0 Å². The van der Waals surface area contributed by atoms with Gasteiger partial charge in [-0.2, -0.15) is 4.31 Å². The van der Waals surface area contributed by atoms with Gasteiger partial charge in [0.15, 0.2) is 5.16 Å². The molecule has 2 heterocycles. The summed E-state index contributed by atoms with van der Waals surface area (Å²) < 4.78 is 27.0. The number of hydrogen-bond donors (Lipinski definition) is 2. The topological polar surface area (TPSA) is 95.2 Å². The smallest absolute Gasteiger partial charge is 0.243 e. The van der Waals surface area contributed by atoms with Crippen molar-refractivity contribution in [3.05, 3.63) is 48.5 Å². The Morgan fingerprint density at radius 2 is 1.80 bits per heavy atom. The van der Waals surface area contributed by atoms with Crippen molar-refractivity contribution >= 4 is 44.4 Å². The second-order valence-corrected chi connectivity index (χ2v) is 10.6. The molecule has 158 valence electrons. The molecule has 1 amide bonds. The van der Waals surface area contributed by atoms with Gasteiger partial charge < -0.3 is 10.3 Å². The number of rotatable bonds is 6. The first-order valence-corrected chi connectivity index (χ1v) is 12.3. The van der Waals surface area contributed by atoms with Crippen LogP contribution in [0.3, 0.4) is 0 Å². The highest BCUT2D eigenvalue weighted by Gasteiger charge is 2.26. The molecule has 1 atom stereocenters. The van der Waals surface area contributed by atoms with E-state index in [1.807, 2.05) is 31.2 Å². The van der Waals surface area contributed by atoms with Crippen LogP contribution in [-0.4, -0.2) is 46.9 Å². The van der Waals surface area contributed by atoms with Crippen molar-refractivity contribution in [1.82, 2.24) is 14.3 Å². The zero-order valence-electron chi connectivity index (χ0n) is 16.7. The SMILES string of the molecule is C[C@@H](Sc1nc2ccccc2[nH]1)C(=O)Nc1ccc(S(=O)(=O)N2CCCCC2)cc1. The number of aromatic amines is 1. The molecule has 9 heteroatoms. The molecule has 0 radical (unpaired) electrons. The van der Waals surface area contributed by atoms with Crippen molar-refractivity contribution in [1.29, 1.82) is 0 Å². The third-order valence-corrected chi connectivity index (χ3v) is 8.00. The number of fused-ring (bicyclic) bond motifs is 1. The van der Waals surface area contributed by atoms with Crippen LogP contribution in [0.5, 0.6) is 0 Å². The lowest BCUT2D eigenvalue weighted by Gasteiger charge is -2.25. The molecule has 2 N–H and O–H groups in total. The van der Waals surface area contributed by atoms with E-state index in [2.05, 4.69) is 15.3 Å². The number of H-pyrrole nitrogens is 1. The van der Waals surface area contributed by atoms with Gasteiger partial charge in [-0.3, -0.25) is 4.79 Å². The van der Waals surface area contributed by atoms with Crippen LogP contribution >= 0.6 is 11.8 Å². The molecule has 0 bridgehead atoms. The number of hydrogen-bond acceptors (Lipinski definition) is 5. The van der Waals surface area contributed by atoms with Gasteiger partial charge in [0.1, 0.15) is 0 Å². The summed E-state index contributed by atoms with van der Waals surface area (Å²) >= 11 is 1.34. The van der Waals surface area contributed by atoms with Gasteiger partial charge in [-0.1, -0.05) is 30.3 Å². The van der Waals surface area contributed by atoms with Crippen molar-refractivity contribution in [2.75, 3.05) is 18.4 Å². The Morgan fingerprint density at radius 1 is 1.10 bits per heavy atom. The maximum absolute atomic E-state index is 12.7. The predicted octanol–water partition coefficient (Wildman–Crippen LogP) is 3.86. The number of thioether (sulfide) groups is 1. The summed E-state index contributed by atoms with van der Waals surface area (Å²) in [5.74, 6) is -0.174. The second kappa shape index (κ2) is 8.79. The monoisotopic (exact) mass is 444 g/mol. The van der Waals surface area contributed by atoms with Gasteiger partial charge in [-0.05, 0) is 56.2 Å². The summed E-state index contributed by atoms with van der Waals surface area (Å²) in [5.41, 5.74) is 2.35. The second-order valence-electron chi connectivity index (χ2n) is 7.30. The third kappa shape index (κ3) is 4.53. The lowest BCUT2D eigenvalue weighted by atomic mass is 10.2. The van der Waals surface area contributed by atoms with Crippen LogP contribution in [0.15, 0.2) is 58.6 Å². The molecule has 0 spiro atoms. The average Bonchev–Trinajstić information content (AvgIpc) is 3.17. The van der Waals surface area contributed by atoms with Gasteiger partial charge in [0.2, 0.25) is 15.9 Å². The standard InChI is InChI=1S/C21H24N4O3S2/c1-15(29-21-23-18-7-3-4-8-19(18)24-21)20(26)22-16-9-11-17(12-10-16)30(27,28)25-13-5-2-6-14-25/h3-4,7-12,15H,2,5-6,13-14H2,1H3,(H,22,26)(H,23,24)/t15-/m1/s1. The van der Waals surface area contributed by atoms with Crippen LogP contribution in [0.4, 0.5) is 5.69 Å². The molecule has 0 saturated carbocycles. The number of benzene rings is 2. The molecule has 2 aromatic carbocycles. The van der Waals surface area contributed by atoms with E-state index in [1.165, 1.54) is 16.1 Å². The number of nitrogens with zero attached hydrogens (tertiary/aromatic N) is 2. The van der Waals surface area contributed by atoms with Crippen molar-refractivity contribution in [2.24, 2.45) is 0 Å². The van der Waals surface area contributed by atoms with Crippen LogP contribution in [0, 0.1) is 0 Å². The summed E-state index contributed by atoms with van der Waals surface area (Å²) in [5, 5.41) is 3.15. The Morgan fingerprint density at radius 3 is 2.50 bits per heavy atom. The zero-order chi connectivity index (χ0) is 21.1. The molecule has 3 aromatic rings. The van der Waals surface area contributed by atoms with Crippen LogP contribution in [0.2, 0.25) is 0 Å². The largest absolute Gasteiger partial charge is 0.333 e. The van der Waals surface area contributed by atoms with Crippen molar-refractivity contribution < 1.29 is 13.2 Å². The fourth-order valence-electron chi connectivity index (χ4n) is 3.41. The quantitative estimate of drug-likeness (QED) is 0.563. The summed E-state index contributed by atoms with van der Waals surface area (Å²) in [6.45, 7) is 2.94. The number of piperidine rings is 1. The van der Waals surface area contributed by atoms with E-state index < -0.39 is 10.0 Å². The lowest BCUT2D eigenvalue weighted by Crippen LogP contribution is -2.35. The molecule has 1 fully saturated rings. The van der Waals surface area contributed by atoms with Crippen molar-refractivity contribution in [2.45, 2.75) is 41.5 Å². The number of imidazole rings is 1. The fourth-order valence-corrected chi connectivity index (χ4v) is 5.75. The van der Waals surface area contributed by atoms with Gasteiger partial charge in [-0.15, -0.1) is 0 Å². The normalized spacial score (nSPS) is 16.4. The van der Waals surface area contributed by atoms with E-state index in [0.717, 1.165) is 30.3 Å². The number of aromatic nitrogens is 2. The molecule has 1 saturated heterocycles. The van der Waals surface area contributed by atoms with Gasteiger partial charge in [0, 0.05) is 18.8 Å². The first kappa shape index (κ1) is 20.9. The number of anilines is 1. The highest BCUT2D eigenvalue weighted by molar-refractivity contribution is 8.00. The minimum Gasteiger partial charge on any atom is -0.333 e. The molecule has 4 rings (SSSR count). The first-order chi connectivity index (χ1) is 14.4. The number of carbonyl (C=O) groups excluding carboxylic acids is 1. The highest BCUT2D eigenvalue weighted by Crippen LogP contribution is 2.25. The number of carbonyl (C=O) groups is 1. The van der Waals surface area contributed by atoms with Crippen molar-refractivity contribution in [3.63, 3.8) is 0 Å². The molecule has 30 heavy (non-hydrogen) atoms. The van der Waals surface area contributed by atoms with Crippen LogP contribution in [0.25, 0.3) is 11.0 Å². The molecule has 7 nitrogen and oxygen atoms in total. The van der Waals surface area contributed by atoms with Crippen LogP contribution in [-0.2, 0) is 14.8 Å². The number of amides is 1. The van der Waals surface area contributed by atoms with Gasteiger partial charge in [0.25, 0.3) is 0 Å². The van der Waals surface area contributed by atoms with E-state index in [9.17, 15) is 13.2 Å². The Balaban J connectivity index is 1.39. The minimum atomic E-state index is -3.47. The number of nitrogens with one attached hydrogen (secondary N) is 2. The molecular formula is C21H24N4O3S2. The maximum Gasteiger partial charge on any atom is 0.243 e. The first-order valence-electron chi connectivity index (χ1n) is 9.96. The fraction of sp³-hybridized carbons (Fsp3) is 0.333. The predicted molar refractivity (Wildman–Crippen MR) is 119 cm³/mol. The molecule has 1 aromatic heterocycles. The van der Waals surface area contributed by atoms with E-state index >= 15 is 0 Å². The maximum atomic E-state index is 12.7.